The van der Waals surface area contributed by atoms with E-state index in [1.165, 1.54) is 18.0 Å². The zero-order chi connectivity index (χ0) is 26.5. The van der Waals surface area contributed by atoms with Crippen LogP contribution in [-0.2, 0) is 14.3 Å². The lowest BCUT2D eigenvalue weighted by molar-refractivity contribution is -0.138. The molecule has 3 amide bonds. The van der Waals surface area contributed by atoms with Crippen molar-refractivity contribution in [1.29, 1.82) is 0 Å². The Labute approximate surface area is 216 Å². The van der Waals surface area contributed by atoms with E-state index < -0.39 is 35.6 Å². The van der Waals surface area contributed by atoms with Crippen LogP contribution < -0.4 is 10.6 Å². The minimum atomic E-state index is -1.19. The van der Waals surface area contributed by atoms with E-state index in [0.717, 1.165) is 10.8 Å². The van der Waals surface area contributed by atoms with Crippen molar-refractivity contribution in [3.63, 3.8) is 0 Å². The number of amides is 3. The molecule has 8 nitrogen and oxygen atoms in total. The first-order valence-electron chi connectivity index (χ1n) is 11.4. The van der Waals surface area contributed by atoms with Gasteiger partial charge < -0.3 is 25.4 Å². The highest BCUT2D eigenvalue weighted by Gasteiger charge is 2.35. The van der Waals surface area contributed by atoms with Crippen molar-refractivity contribution >= 4 is 47.0 Å². The molecule has 0 saturated heterocycles. The summed E-state index contributed by atoms with van der Waals surface area (Å²) in [7, 11) is 1.44. The SMILES string of the molecule is CN(C(=O)C(CS)NC(=O)OC(C)(C)C)C(C(=O)Nc1ccc2ccccc2c1)c1ccccc1O. The Bertz CT molecular complexity index is 1260. The summed E-state index contributed by atoms with van der Waals surface area (Å²) in [6.45, 7) is 5.13. The topological polar surface area (TPSA) is 108 Å². The summed E-state index contributed by atoms with van der Waals surface area (Å²) < 4.78 is 5.25. The van der Waals surface area contributed by atoms with Crippen LogP contribution in [0.3, 0.4) is 0 Å². The van der Waals surface area contributed by atoms with Crippen molar-refractivity contribution in [2.45, 2.75) is 38.5 Å². The van der Waals surface area contributed by atoms with E-state index in [2.05, 4.69) is 23.3 Å². The number of hydrogen-bond acceptors (Lipinski definition) is 6. The molecule has 0 aliphatic rings. The smallest absolute Gasteiger partial charge is 0.408 e. The molecule has 2 unspecified atom stereocenters. The van der Waals surface area contributed by atoms with Crippen molar-refractivity contribution in [2.24, 2.45) is 0 Å². The number of nitrogens with zero attached hydrogens (tertiary/aromatic N) is 1. The van der Waals surface area contributed by atoms with Gasteiger partial charge in [-0.15, -0.1) is 0 Å². The maximum Gasteiger partial charge on any atom is 0.408 e. The second-order valence-corrected chi connectivity index (χ2v) is 9.71. The van der Waals surface area contributed by atoms with Crippen LogP contribution in [0.5, 0.6) is 5.75 Å². The molecule has 9 heteroatoms. The zero-order valence-electron chi connectivity index (χ0n) is 20.7. The predicted molar refractivity (Wildman–Crippen MR) is 143 cm³/mol. The Morgan fingerprint density at radius 3 is 2.28 bits per heavy atom. The molecule has 0 aliphatic carbocycles. The van der Waals surface area contributed by atoms with Gasteiger partial charge in [-0.1, -0.05) is 48.5 Å². The van der Waals surface area contributed by atoms with Gasteiger partial charge in [0.05, 0.1) is 0 Å². The number of likely N-dealkylation sites (N-methyl/N-ethyl adjacent to an activating group) is 1. The van der Waals surface area contributed by atoms with Crippen LogP contribution in [0.4, 0.5) is 10.5 Å². The van der Waals surface area contributed by atoms with Crippen molar-refractivity contribution < 1.29 is 24.2 Å². The fraction of sp³-hybridized carbons (Fsp3) is 0.296. The third kappa shape index (κ3) is 6.69. The molecule has 0 saturated carbocycles. The first-order valence-corrected chi connectivity index (χ1v) is 12.1. The van der Waals surface area contributed by atoms with Gasteiger partial charge in [-0.2, -0.15) is 12.6 Å². The second kappa shape index (κ2) is 11.3. The van der Waals surface area contributed by atoms with Crippen LogP contribution in [0.2, 0.25) is 0 Å². The van der Waals surface area contributed by atoms with Crippen molar-refractivity contribution in [3.05, 3.63) is 72.3 Å². The average molecular weight is 510 g/mol. The fourth-order valence-corrected chi connectivity index (χ4v) is 3.98. The zero-order valence-corrected chi connectivity index (χ0v) is 21.6. The molecule has 2 atom stereocenters. The molecule has 3 aromatic rings. The molecule has 0 aliphatic heterocycles. The van der Waals surface area contributed by atoms with Crippen LogP contribution in [0.1, 0.15) is 32.4 Å². The van der Waals surface area contributed by atoms with E-state index in [4.69, 9.17) is 4.74 Å². The van der Waals surface area contributed by atoms with E-state index in [9.17, 15) is 19.5 Å². The van der Waals surface area contributed by atoms with Gasteiger partial charge in [-0.25, -0.2) is 4.79 Å². The molecule has 3 N–H and O–H groups in total. The largest absolute Gasteiger partial charge is 0.508 e. The van der Waals surface area contributed by atoms with Crippen molar-refractivity contribution in [1.82, 2.24) is 10.2 Å². The minimum absolute atomic E-state index is 0.0256. The fourth-order valence-electron chi connectivity index (χ4n) is 3.73. The number of thiol groups is 1. The highest BCUT2D eigenvalue weighted by atomic mass is 32.1. The lowest BCUT2D eigenvalue weighted by atomic mass is 10.0. The number of carbonyl (C=O) groups is 3. The van der Waals surface area contributed by atoms with Crippen LogP contribution in [0.15, 0.2) is 66.7 Å². The van der Waals surface area contributed by atoms with Crippen LogP contribution in [0.25, 0.3) is 10.8 Å². The summed E-state index contributed by atoms with van der Waals surface area (Å²) in [5, 5.41) is 17.8. The summed E-state index contributed by atoms with van der Waals surface area (Å²) in [4.78, 5) is 40.4. The van der Waals surface area contributed by atoms with Gasteiger partial charge in [0.2, 0.25) is 5.91 Å². The van der Waals surface area contributed by atoms with E-state index in [1.54, 1.807) is 45.0 Å². The third-order valence-electron chi connectivity index (χ3n) is 5.40. The molecule has 3 rings (SSSR count). The number of para-hydroxylation sites is 1. The highest BCUT2D eigenvalue weighted by molar-refractivity contribution is 7.80. The van der Waals surface area contributed by atoms with Gasteiger partial charge in [-0.05, 0) is 49.7 Å². The molecule has 0 spiro atoms. The first-order chi connectivity index (χ1) is 17.0. The Balaban J connectivity index is 1.89. The lowest BCUT2D eigenvalue weighted by Gasteiger charge is -2.31. The first kappa shape index (κ1) is 26.9. The van der Waals surface area contributed by atoms with E-state index in [0.29, 0.717) is 5.69 Å². The Hall–Kier alpha value is -3.72. The number of phenolic OH excluding ortho intramolecular Hbond substituents is 1. The average Bonchev–Trinajstić information content (AvgIpc) is 2.82. The number of alkyl carbamates (subject to hydrolysis) is 1. The number of hydrogen-bond donors (Lipinski definition) is 4. The molecule has 0 heterocycles. The second-order valence-electron chi connectivity index (χ2n) is 9.34. The number of fused-ring (bicyclic) bond motifs is 1. The highest BCUT2D eigenvalue weighted by Crippen LogP contribution is 2.30. The summed E-state index contributed by atoms with van der Waals surface area (Å²) >= 11 is 4.21. The maximum atomic E-state index is 13.5. The maximum absolute atomic E-state index is 13.5. The number of carbonyl (C=O) groups excluding carboxylic acids is 3. The Morgan fingerprint density at radius 1 is 1.00 bits per heavy atom. The van der Waals surface area contributed by atoms with Gasteiger partial charge in [0.25, 0.3) is 5.91 Å². The predicted octanol–water partition coefficient (Wildman–Crippen LogP) is 4.51. The number of aromatic hydroxyl groups is 1. The molecular formula is C27H31N3O5S. The molecule has 0 fully saturated rings. The standard InChI is InChI=1S/C27H31N3O5S/c1-27(2,3)35-26(34)29-21(16-36)25(33)30(4)23(20-11-7-8-12-22(20)31)24(32)28-19-14-13-17-9-5-6-10-18(17)15-19/h5-15,21,23,31,36H,16H2,1-4H3,(H,28,32)(H,29,34). The number of benzene rings is 3. The van der Waals surface area contributed by atoms with Crippen LogP contribution in [0, 0.1) is 0 Å². The molecule has 0 aromatic heterocycles. The Morgan fingerprint density at radius 2 is 1.64 bits per heavy atom. The third-order valence-corrected chi connectivity index (χ3v) is 5.77. The normalized spacial score (nSPS) is 12.9. The molecule has 3 aromatic carbocycles. The van der Waals surface area contributed by atoms with Crippen LogP contribution in [-0.4, -0.2) is 52.4 Å². The van der Waals surface area contributed by atoms with E-state index in [1.807, 2.05) is 36.4 Å². The van der Waals surface area contributed by atoms with Gasteiger partial charge >= 0.3 is 6.09 Å². The lowest BCUT2D eigenvalue weighted by Crippen LogP contribution is -2.52. The Kier molecular flexibility index (Phi) is 8.47. The van der Waals surface area contributed by atoms with E-state index in [-0.39, 0.29) is 17.1 Å². The number of nitrogens with one attached hydrogen (secondary N) is 2. The molecular weight excluding hydrogens is 478 g/mol. The van der Waals surface area contributed by atoms with Gasteiger partial charge in [-0.3, -0.25) is 9.59 Å². The number of phenols is 1. The number of rotatable bonds is 7. The number of anilines is 1. The van der Waals surface area contributed by atoms with Gasteiger partial charge in [0.1, 0.15) is 23.4 Å². The summed E-state index contributed by atoms with van der Waals surface area (Å²) in [5.74, 6) is -1.27. The van der Waals surface area contributed by atoms with E-state index >= 15 is 0 Å². The molecule has 0 bridgehead atoms. The van der Waals surface area contributed by atoms with Gasteiger partial charge in [0, 0.05) is 24.1 Å². The van der Waals surface area contributed by atoms with Crippen molar-refractivity contribution in [3.8, 4) is 5.75 Å². The summed E-state index contributed by atoms with van der Waals surface area (Å²) in [5.41, 5.74) is 0.0255. The van der Waals surface area contributed by atoms with Crippen molar-refractivity contribution in [2.75, 3.05) is 18.1 Å². The quantitative estimate of drug-likeness (QED) is 0.351. The number of ether oxygens (including phenoxy) is 1. The molecule has 190 valence electrons. The summed E-state index contributed by atoms with van der Waals surface area (Å²) in [6.07, 6.45) is -0.775. The van der Waals surface area contributed by atoms with Crippen LogP contribution >= 0.6 is 12.6 Å². The monoisotopic (exact) mass is 509 g/mol. The molecule has 36 heavy (non-hydrogen) atoms. The summed E-state index contributed by atoms with van der Waals surface area (Å²) in [6, 6.07) is 17.3. The minimum Gasteiger partial charge on any atom is -0.508 e. The molecule has 0 radical (unpaired) electrons. The van der Waals surface area contributed by atoms with Gasteiger partial charge in [0.15, 0.2) is 0 Å².